The number of rotatable bonds is 13. The van der Waals surface area contributed by atoms with E-state index < -0.39 is 28.5 Å². The van der Waals surface area contributed by atoms with E-state index in [2.05, 4.69) is 5.32 Å². The third kappa shape index (κ3) is 7.47. The third-order valence-corrected chi connectivity index (χ3v) is 8.62. The van der Waals surface area contributed by atoms with Crippen LogP contribution in [0.5, 0.6) is 5.75 Å². The molecule has 3 rings (SSSR count). The van der Waals surface area contributed by atoms with Crippen molar-refractivity contribution >= 4 is 50.7 Å². The minimum absolute atomic E-state index is 0.00809. The average molecular weight is 607 g/mol. The van der Waals surface area contributed by atoms with Gasteiger partial charge in [-0.3, -0.25) is 13.9 Å². The number of amides is 2. The summed E-state index contributed by atoms with van der Waals surface area (Å²) in [4.78, 5) is 28.6. The number of nitrogens with zero attached hydrogens (tertiary/aromatic N) is 2. The zero-order valence-electron chi connectivity index (χ0n) is 22.6. The lowest BCUT2D eigenvalue weighted by atomic mass is 10.1. The fourth-order valence-corrected chi connectivity index (χ4v) is 6.10. The molecule has 0 aliphatic heterocycles. The predicted molar refractivity (Wildman–Crippen MR) is 158 cm³/mol. The first-order chi connectivity index (χ1) is 19.1. The van der Waals surface area contributed by atoms with E-state index in [-0.39, 0.29) is 28.8 Å². The molecule has 3 aromatic rings. The molecule has 214 valence electrons. The molecule has 0 radical (unpaired) electrons. The van der Waals surface area contributed by atoms with E-state index in [9.17, 15) is 18.0 Å². The second kappa shape index (κ2) is 14.4. The average Bonchev–Trinajstić information content (AvgIpc) is 2.96. The monoisotopic (exact) mass is 605 g/mol. The molecule has 1 unspecified atom stereocenters. The Morgan fingerprint density at radius 2 is 1.65 bits per heavy atom. The summed E-state index contributed by atoms with van der Waals surface area (Å²) in [6.07, 6.45) is 1.02. The molecule has 0 aromatic heterocycles. The lowest BCUT2D eigenvalue weighted by molar-refractivity contribution is -0.140. The van der Waals surface area contributed by atoms with E-state index in [1.54, 1.807) is 67.6 Å². The topological polar surface area (TPSA) is 96.0 Å². The van der Waals surface area contributed by atoms with Crippen molar-refractivity contribution in [1.82, 2.24) is 10.2 Å². The summed E-state index contributed by atoms with van der Waals surface area (Å²) in [5.41, 5.74) is 0.756. The van der Waals surface area contributed by atoms with Gasteiger partial charge in [0.25, 0.3) is 10.0 Å². The van der Waals surface area contributed by atoms with Crippen LogP contribution in [0.25, 0.3) is 0 Å². The van der Waals surface area contributed by atoms with E-state index in [1.165, 1.54) is 24.1 Å². The van der Waals surface area contributed by atoms with Gasteiger partial charge in [0.05, 0.1) is 17.7 Å². The second-order valence-electron chi connectivity index (χ2n) is 8.97. The van der Waals surface area contributed by atoms with Gasteiger partial charge in [0.15, 0.2) is 0 Å². The summed E-state index contributed by atoms with van der Waals surface area (Å²) in [6, 6.07) is 18.4. The Kier molecular flexibility index (Phi) is 11.2. The van der Waals surface area contributed by atoms with Gasteiger partial charge in [0, 0.05) is 23.1 Å². The van der Waals surface area contributed by atoms with Gasteiger partial charge < -0.3 is 15.0 Å². The van der Waals surface area contributed by atoms with Crippen LogP contribution in [-0.4, -0.2) is 51.4 Å². The number of carbonyl (C=O) groups is 2. The van der Waals surface area contributed by atoms with E-state index in [0.717, 1.165) is 10.7 Å². The van der Waals surface area contributed by atoms with Gasteiger partial charge in [0.2, 0.25) is 11.8 Å². The van der Waals surface area contributed by atoms with Crippen LogP contribution in [0.15, 0.2) is 77.7 Å². The van der Waals surface area contributed by atoms with E-state index in [0.29, 0.717) is 28.6 Å². The molecule has 0 spiro atoms. The summed E-state index contributed by atoms with van der Waals surface area (Å²) in [5, 5.41) is 3.60. The molecule has 0 bridgehead atoms. The van der Waals surface area contributed by atoms with Crippen LogP contribution in [0.3, 0.4) is 0 Å². The molecule has 0 heterocycles. The van der Waals surface area contributed by atoms with E-state index >= 15 is 0 Å². The van der Waals surface area contributed by atoms with E-state index in [1.807, 2.05) is 6.92 Å². The summed E-state index contributed by atoms with van der Waals surface area (Å²) in [5.74, 6) is -0.651. The summed E-state index contributed by atoms with van der Waals surface area (Å²) >= 11 is 12.5. The number of sulfonamides is 1. The number of methoxy groups -OCH3 is 1. The molecule has 11 heteroatoms. The third-order valence-electron chi connectivity index (χ3n) is 6.25. The fourth-order valence-electron chi connectivity index (χ4n) is 4.19. The Balaban J connectivity index is 2.10. The fraction of sp³-hybridized carbons (Fsp3) is 0.310. The number of para-hydroxylation sites is 2. The molecule has 40 heavy (non-hydrogen) atoms. The number of benzene rings is 3. The largest absolute Gasteiger partial charge is 0.495 e. The van der Waals surface area contributed by atoms with Gasteiger partial charge in [-0.15, -0.1) is 0 Å². The van der Waals surface area contributed by atoms with Gasteiger partial charge >= 0.3 is 0 Å². The molecular formula is C29H33Cl2N3O5S. The first kappa shape index (κ1) is 31.3. The highest BCUT2D eigenvalue weighted by Gasteiger charge is 2.34. The number of carbonyl (C=O) groups excluding carboxylic acids is 2. The Hall–Kier alpha value is -3.27. The highest BCUT2D eigenvalue weighted by atomic mass is 35.5. The number of hydrogen-bond donors (Lipinski definition) is 1. The SMILES string of the molecule is CCCNC(=O)C(CC)N(Cc1ccc(Cl)cc1Cl)C(=O)CN(c1ccccc1OC)S(=O)(=O)c1ccccc1. The number of ether oxygens (including phenoxy) is 1. The van der Waals surface area contributed by atoms with Crippen molar-refractivity contribution in [2.24, 2.45) is 0 Å². The molecule has 0 aliphatic carbocycles. The van der Waals surface area contributed by atoms with Gasteiger partial charge in [-0.25, -0.2) is 8.42 Å². The highest BCUT2D eigenvalue weighted by Crippen LogP contribution is 2.33. The summed E-state index contributed by atoms with van der Waals surface area (Å²) in [6.45, 7) is 3.54. The van der Waals surface area contributed by atoms with Crippen LogP contribution in [0.2, 0.25) is 10.0 Å². The number of nitrogens with one attached hydrogen (secondary N) is 1. The number of hydrogen-bond acceptors (Lipinski definition) is 5. The maximum atomic E-state index is 14.1. The van der Waals surface area contributed by atoms with Crippen molar-refractivity contribution in [2.45, 2.75) is 44.2 Å². The highest BCUT2D eigenvalue weighted by molar-refractivity contribution is 7.92. The quantitative estimate of drug-likeness (QED) is 0.276. The van der Waals surface area contributed by atoms with Crippen LogP contribution in [-0.2, 0) is 26.2 Å². The lowest BCUT2D eigenvalue weighted by Crippen LogP contribution is -2.52. The molecule has 2 amide bonds. The Morgan fingerprint density at radius 1 is 0.975 bits per heavy atom. The summed E-state index contributed by atoms with van der Waals surface area (Å²) in [7, 11) is -2.78. The van der Waals surface area contributed by atoms with Crippen molar-refractivity contribution in [1.29, 1.82) is 0 Å². The smallest absolute Gasteiger partial charge is 0.264 e. The molecule has 1 N–H and O–H groups in total. The van der Waals surface area contributed by atoms with Crippen molar-refractivity contribution in [3.05, 3.63) is 88.4 Å². The van der Waals surface area contributed by atoms with Gasteiger partial charge in [0.1, 0.15) is 18.3 Å². The van der Waals surface area contributed by atoms with Crippen molar-refractivity contribution < 1.29 is 22.7 Å². The molecule has 3 aromatic carbocycles. The first-order valence-corrected chi connectivity index (χ1v) is 15.1. The summed E-state index contributed by atoms with van der Waals surface area (Å²) < 4.78 is 34.3. The lowest BCUT2D eigenvalue weighted by Gasteiger charge is -2.33. The minimum Gasteiger partial charge on any atom is -0.495 e. The zero-order valence-corrected chi connectivity index (χ0v) is 25.0. The number of anilines is 1. The molecular weight excluding hydrogens is 573 g/mol. The van der Waals surface area contributed by atoms with Gasteiger partial charge in [-0.05, 0) is 54.8 Å². The normalized spacial score (nSPS) is 11.9. The van der Waals surface area contributed by atoms with Crippen molar-refractivity contribution in [3.8, 4) is 5.75 Å². The Morgan fingerprint density at radius 3 is 2.27 bits per heavy atom. The predicted octanol–water partition coefficient (Wildman–Crippen LogP) is 5.53. The second-order valence-corrected chi connectivity index (χ2v) is 11.7. The zero-order chi connectivity index (χ0) is 29.3. The molecule has 0 aliphatic rings. The maximum Gasteiger partial charge on any atom is 0.264 e. The molecule has 0 saturated heterocycles. The number of halogens is 2. The van der Waals surface area contributed by atoms with Crippen LogP contribution in [0, 0.1) is 0 Å². The maximum absolute atomic E-state index is 14.1. The van der Waals surface area contributed by atoms with Crippen LogP contribution >= 0.6 is 23.2 Å². The van der Waals surface area contributed by atoms with Gasteiger partial charge in [-0.1, -0.05) is 73.4 Å². The van der Waals surface area contributed by atoms with Crippen LogP contribution in [0.4, 0.5) is 5.69 Å². The van der Waals surface area contributed by atoms with Gasteiger partial charge in [-0.2, -0.15) is 0 Å². The molecule has 0 fully saturated rings. The van der Waals surface area contributed by atoms with Crippen molar-refractivity contribution in [2.75, 3.05) is 24.5 Å². The molecule has 0 saturated carbocycles. The van der Waals surface area contributed by atoms with E-state index in [4.69, 9.17) is 27.9 Å². The Bertz CT molecular complexity index is 1420. The van der Waals surface area contributed by atoms with Crippen LogP contribution in [0.1, 0.15) is 32.3 Å². The van der Waals surface area contributed by atoms with Crippen LogP contribution < -0.4 is 14.4 Å². The standard InChI is InChI=1S/C29H33Cl2N3O5S/c1-4-17-32-29(36)25(5-2)33(19-21-15-16-22(30)18-24(21)31)28(35)20-34(26-13-9-10-14-27(26)39-3)40(37,38)23-11-7-6-8-12-23/h6-16,18,25H,4-5,17,19-20H2,1-3H3,(H,32,36). The Labute approximate surface area is 245 Å². The molecule has 1 atom stereocenters. The minimum atomic E-state index is -4.21. The van der Waals surface area contributed by atoms with Crippen molar-refractivity contribution in [3.63, 3.8) is 0 Å². The molecule has 8 nitrogen and oxygen atoms in total. The first-order valence-electron chi connectivity index (χ1n) is 12.9.